The number of hydrogen-bond donors (Lipinski definition) is 1. The topological polar surface area (TPSA) is 47.1 Å². The van der Waals surface area contributed by atoms with Gasteiger partial charge in [-0.05, 0) is 6.92 Å². The predicted molar refractivity (Wildman–Crippen MR) is 59.3 cm³/mol. The van der Waals surface area contributed by atoms with E-state index < -0.39 is 5.79 Å². The second-order valence-corrected chi connectivity index (χ2v) is 5.51. The van der Waals surface area contributed by atoms with E-state index in [1.165, 1.54) is 11.3 Å². The van der Waals surface area contributed by atoms with E-state index in [9.17, 15) is 0 Å². The van der Waals surface area contributed by atoms with Crippen molar-refractivity contribution in [2.45, 2.75) is 44.8 Å². The molecule has 1 aromatic heterocycles. The maximum atomic E-state index is 5.83. The molecule has 1 N–H and O–H groups in total. The van der Waals surface area contributed by atoms with E-state index in [4.69, 9.17) is 9.47 Å². The number of nitrogens with one attached hydrogen (secondary N) is 1. The van der Waals surface area contributed by atoms with E-state index in [-0.39, 0.29) is 5.41 Å². The summed E-state index contributed by atoms with van der Waals surface area (Å²) >= 11 is 0. The van der Waals surface area contributed by atoms with E-state index in [1.807, 2.05) is 6.92 Å². The third kappa shape index (κ3) is 1.33. The lowest BCUT2D eigenvalue weighted by atomic mass is 9.73. The summed E-state index contributed by atoms with van der Waals surface area (Å²) in [6.07, 6.45) is 1.72. The zero-order valence-electron chi connectivity index (χ0n) is 10.1. The molecule has 1 aliphatic heterocycles. The number of aromatic nitrogens is 2. The van der Waals surface area contributed by atoms with Gasteiger partial charge in [-0.2, -0.15) is 5.10 Å². The highest BCUT2D eigenvalue weighted by Gasteiger charge is 2.48. The molecule has 1 aromatic rings. The van der Waals surface area contributed by atoms with E-state index in [0.29, 0.717) is 13.2 Å². The lowest BCUT2D eigenvalue weighted by Crippen LogP contribution is -2.44. The third-order valence-corrected chi connectivity index (χ3v) is 3.72. The van der Waals surface area contributed by atoms with Gasteiger partial charge in [0.25, 0.3) is 0 Å². The molecule has 4 nitrogen and oxygen atoms in total. The van der Waals surface area contributed by atoms with Gasteiger partial charge < -0.3 is 9.47 Å². The second kappa shape index (κ2) is 3.08. The van der Waals surface area contributed by atoms with Gasteiger partial charge >= 0.3 is 0 Å². The van der Waals surface area contributed by atoms with Crippen LogP contribution in [0.2, 0.25) is 0 Å². The van der Waals surface area contributed by atoms with Crippen LogP contribution in [-0.4, -0.2) is 29.2 Å². The Labute approximate surface area is 95.3 Å². The zero-order valence-corrected chi connectivity index (χ0v) is 10.1. The Bertz CT molecular complexity index is 417. The number of fused-ring (bicyclic) bond motifs is 1. The van der Waals surface area contributed by atoms with Crippen LogP contribution in [0, 0.1) is 6.92 Å². The largest absolute Gasteiger partial charge is 0.347 e. The Morgan fingerprint density at radius 2 is 1.94 bits per heavy atom. The van der Waals surface area contributed by atoms with Gasteiger partial charge in [0.2, 0.25) is 0 Å². The van der Waals surface area contributed by atoms with Crippen molar-refractivity contribution in [1.29, 1.82) is 0 Å². The van der Waals surface area contributed by atoms with Crippen molar-refractivity contribution in [3.05, 3.63) is 17.0 Å². The van der Waals surface area contributed by atoms with Crippen LogP contribution in [0.15, 0.2) is 0 Å². The lowest BCUT2D eigenvalue weighted by molar-refractivity contribution is -0.175. The summed E-state index contributed by atoms with van der Waals surface area (Å²) in [6, 6.07) is 0. The second-order valence-electron chi connectivity index (χ2n) is 5.51. The SMILES string of the molecule is Cc1n[nH]c2c1CC1(CC2(C)C)OCCO1. The van der Waals surface area contributed by atoms with Crippen LogP contribution in [0.5, 0.6) is 0 Å². The fraction of sp³-hybridized carbons (Fsp3) is 0.750. The Balaban J connectivity index is 2.07. The van der Waals surface area contributed by atoms with Gasteiger partial charge in [-0.15, -0.1) is 0 Å². The molecule has 2 heterocycles. The standard InChI is InChI=1S/C12H18N2O2/c1-8-9-6-12(15-4-5-16-12)7-11(2,3)10(9)14-13-8/h4-7H2,1-3H3,(H,13,14). The van der Waals surface area contributed by atoms with Crippen molar-refractivity contribution in [2.24, 2.45) is 0 Å². The first kappa shape index (κ1) is 10.3. The Morgan fingerprint density at radius 1 is 1.25 bits per heavy atom. The van der Waals surface area contributed by atoms with Gasteiger partial charge in [0, 0.05) is 29.5 Å². The van der Waals surface area contributed by atoms with Crippen molar-refractivity contribution in [3.63, 3.8) is 0 Å². The third-order valence-electron chi connectivity index (χ3n) is 3.72. The zero-order chi connectivity index (χ0) is 11.4. The predicted octanol–water partition coefficient (Wildman–Crippen LogP) is 1.69. The van der Waals surface area contributed by atoms with Crippen molar-refractivity contribution in [2.75, 3.05) is 13.2 Å². The molecule has 0 bridgehead atoms. The molecular weight excluding hydrogens is 204 g/mol. The van der Waals surface area contributed by atoms with Crippen molar-refractivity contribution >= 4 is 0 Å². The molecule has 88 valence electrons. The fourth-order valence-corrected chi connectivity index (χ4v) is 3.03. The summed E-state index contributed by atoms with van der Waals surface area (Å²) in [4.78, 5) is 0. The van der Waals surface area contributed by atoms with Crippen LogP contribution in [0.25, 0.3) is 0 Å². The highest BCUT2D eigenvalue weighted by molar-refractivity contribution is 5.35. The lowest BCUT2D eigenvalue weighted by Gasteiger charge is -2.40. The van der Waals surface area contributed by atoms with Crippen molar-refractivity contribution in [1.82, 2.24) is 10.2 Å². The van der Waals surface area contributed by atoms with E-state index >= 15 is 0 Å². The first-order valence-electron chi connectivity index (χ1n) is 5.85. The molecule has 1 spiro atoms. The Morgan fingerprint density at radius 3 is 2.62 bits per heavy atom. The van der Waals surface area contributed by atoms with Crippen LogP contribution in [0.3, 0.4) is 0 Å². The van der Waals surface area contributed by atoms with Crippen molar-refractivity contribution < 1.29 is 9.47 Å². The molecule has 3 rings (SSSR count). The highest BCUT2D eigenvalue weighted by atomic mass is 16.7. The van der Waals surface area contributed by atoms with Crippen LogP contribution >= 0.6 is 0 Å². The summed E-state index contributed by atoms with van der Waals surface area (Å²) in [5.74, 6) is -0.398. The van der Waals surface area contributed by atoms with E-state index in [2.05, 4.69) is 24.0 Å². The number of aromatic amines is 1. The van der Waals surface area contributed by atoms with E-state index in [0.717, 1.165) is 18.5 Å². The first-order valence-corrected chi connectivity index (χ1v) is 5.85. The normalized spacial score (nSPS) is 25.9. The van der Waals surface area contributed by atoms with Gasteiger partial charge in [0.15, 0.2) is 5.79 Å². The number of nitrogens with zero attached hydrogens (tertiary/aromatic N) is 1. The minimum Gasteiger partial charge on any atom is -0.347 e. The van der Waals surface area contributed by atoms with Crippen LogP contribution in [-0.2, 0) is 21.3 Å². The van der Waals surface area contributed by atoms with Crippen LogP contribution < -0.4 is 0 Å². The molecule has 0 unspecified atom stereocenters. The summed E-state index contributed by atoms with van der Waals surface area (Å²) in [5.41, 5.74) is 3.63. The van der Waals surface area contributed by atoms with Gasteiger partial charge in [0.1, 0.15) is 0 Å². The number of aryl methyl sites for hydroxylation is 1. The molecule has 0 saturated carbocycles. The quantitative estimate of drug-likeness (QED) is 0.726. The summed E-state index contributed by atoms with van der Waals surface area (Å²) < 4.78 is 11.7. The summed E-state index contributed by atoms with van der Waals surface area (Å²) in [5, 5.41) is 7.47. The molecule has 1 aliphatic carbocycles. The molecule has 16 heavy (non-hydrogen) atoms. The average Bonchev–Trinajstić information content (AvgIpc) is 2.75. The molecule has 1 saturated heterocycles. The molecule has 0 atom stereocenters. The Hall–Kier alpha value is -0.870. The minimum absolute atomic E-state index is 0.0409. The van der Waals surface area contributed by atoms with Crippen molar-refractivity contribution in [3.8, 4) is 0 Å². The highest BCUT2D eigenvalue weighted by Crippen LogP contribution is 2.45. The number of rotatable bonds is 0. The van der Waals surface area contributed by atoms with Crippen LogP contribution in [0.1, 0.15) is 37.2 Å². The summed E-state index contributed by atoms with van der Waals surface area (Å²) in [6.45, 7) is 7.90. The monoisotopic (exact) mass is 222 g/mol. The number of H-pyrrole nitrogens is 1. The minimum atomic E-state index is -0.398. The fourth-order valence-electron chi connectivity index (χ4n) is 3.03. The van der Waals surface area contributed by atoms with E-state index in [1.54, 1.807) is 0 Å². The first-order chi connectivity index (χ1) is 7.53. The molecule has 0 aromatic carbocycles. The maximum Gasteiger partial charge on any atom is 0.173 e. The molecule has 1 fully saturated rings. The smallest absolute Gasteiger partial charge is 0.173 e. The van der Waals surface area contributed by atoms with Gasteiger partial charge in [-0.3, -0.25) is 5.10 Å². The molecule has 4 heteroatoms. The van der Waals surface area contributed by atoms with Gasteiger partial charge in [-0.25, -0.2) is 0 Å². The molecule has 0 radical (unpaired) electrons. The number of ether oxygens (including phenoxy) is 2. The molecule has 2 aliphatic rings. The summed E-state index contributed by atoms with van der Waals surface area (Å²) in [7, 11) is 0. The molecular formula is C12H18N2O2. The Kier molecular flexibility index (Phi) is 1.98. The average molecular weight is 222 g/mol. The van der Waals surface area contributed by atoms with Gasteiger partial charge in [-0.1, -0.05) is 13.8 Å². The molecule has 0 amide bonds. The number of hydrogen-bond acceptors (Lipinski definition) is 3. The van der Waals surface area contributed by atoms with Gasteiger partial charge in [0.05, 0.1) is 18.9 Å². The van der Waals surface area contributed by atoms with Crippen LogP contribution in [0.4, 0.5) is 0 Å². The maximum absolute atomic E-state index is 5.83.